The molecule has 0 fully saturated rings. The van der Waals surface area contributed by atoms with Gasteiger partial charge in [-0.25, -0.2) is 19.9 Å². The molecule has 0 aliphatic carbocycles. The largest absolute Gasteiger partial charge is 0.322 e. The van der Waals surface area contributed by atoms with Crippen molar-refractivity contribution in [3.8, 4) is 5.95 Å². The Bertz CT molecular complexity index is 1020. The molecule has 0 unspecified atom stereocenters. The molecule has 0 atom stereocenters. The average molecular weight is 353 g/mol. The molecule has 0 bridgehead atoms. The molecule has 0 aliphatic heterocycles. The van der Waals surface area contributed by atoms with Crippen LogP contribution in [-0.2, 0) is 11.3 Å². The molecule has 3 aromatic heterocycles. The Labute approximate surface area is 149 Å². The number of amides is 1. The molecule has 9 heteroatoms. The molecule has 0 radical (unpaired) electrons. The zero-order chi connectivity index (χ0) is 18.8. The lowest BCUT2D eigenvalue weighted by atomic mass is 10.4. The van der Waals surface area contributed by atoms with E-state index in [4.69, 9.17) is 0 Å². The van der Waals surface area contributed by atoms with Crippen molar-refractivity contribution in [2.45, 2.75) is 34.2 Å². The van der Waals surface area contributed by atoms with Crippen LogP contribution in [-0.4, -0.2) is 35.0 Å². The third-order valence-electron chi connectivity index (χ3n) is 3.96. The number of hydrogen-bond donors (Lipinski definition) is 1. The number of hydrogen-bond acceptors (Lipinski definition) is 6. The molecular formula is C17H19N7O2. The van der Waals surface area contributed by atoms with Crippen LogP contribution >= 0.6 is 0 Å². The van der Waals surface area contributed by atoms with E-state index >= 15 is 0 Å². The van der Waals surface area contributed by atoms with Gasteiger partial charge in [0.15, 0.2) is 0 Å². The predicted octanol–water partition coefficient (Wildman–Crippen LogP) is 1.09. The molecule has 3 rings (SSSR count). The maximum atomic E-state index is 12.1. The zero-order valence-corrected chi connectivity index (χ0v) is 15.0. The fourth-order valence-corrected chi connectivity index (χ4v) is 2.56. The lowest BCUT2D eigenvalue weighted by Gasteiger charge is -2.09. The molecule has 134 valence electrons. The minimum Gasteiger partial charge on any atom is -0.322 e. The standard InChI is InChI=1S/C17H19N7O2/c1-10-5-16(26)23(9-20-10)8-15(25)22-14-6-18-17(19-7-14)24-12(3)11(2)21-13(24)4/h5-7,9H,8H2,1-4H3,(H,22,25). The van der Waals surface area contributed by atoms with Gasteiger partial charge >= 0.3 is 0 Å². The number of imidazole rings is 1. The van der Waals surface area contributed by atoms with Crippen LogP contribution in [0.2, 0.25) is 0 Å². The van der Waals surface area contributed by atoms with Gasteiger partial charge in [-0.1, -0.05) is 0 Å². The maximum absolute atomic E-state index is 12.1. The zero-order valence-electron chi connectivity index (χ0n) is 15.0. The Morgan fingerprint density at radius 2 is 1.81 bits per heavy atom. The summed E-state index contributed by atoms with van der Waals surface area (Å²) in [6.45, 7) is 7.34. The van der Waals surface area contributed by atoms with Crippen LogP contribution in [0.15, 0.2) is 29.6 Å². The van der Waals surface area contributed by atoms with Crippen LogP contribution < -0.4 is 10.9 Å². The molecule has 1 amide bonds. The van der Waals surface area contributed by atoms with E-state index in [0.717, 1.165) is 17.2 Å². The smallest absolute Gasteiger partial charge is 0.253 e. The van der Waals surface area contributed by atoms with E-state index in [1.165, 1.54) is 29.4 Å². The van der Waals surface area contributed by atoms with E-state index < -0.39 is 0 Å². The van der Waals surface area contributed by atoms with Crippen LogP contribution in [0, 0.1) is 27.7 Å². The first-order valence-corrected chi connectivity index (χ1v) is 8.03. The van der Waals surface area contributed by atoms with Crippen molar-refractivity contribution in [2.75, 3.05) is 5.32 Å². The fourth-order valence-electron chi connectivity index (χ4n) is 2.56. The second-order valence-electron chi connectivity index (χ2n) is 5.98. The van der Waals surface area contributed by atoms with Gasteiger partial charge in [-0.3, -0.25) is 18.7 Å². The van der Waals surface area contributed by atoms with Gasteiger partial charge in [0.1, 0.15) is 12.4 Å². The minimum atomic E-state index is -0.361. The summed E-state index contributed by atoms with van der Waals surface area (Å²) in [4.78, 5) is 40.9. The number of rotatable bonds is 4. The van der Waals surface area contributed by atoms with E-state index in [1.807, 2.05) is 25.3 Å². The van der Waals surface area contributed by atoms with Gasteiger partial charge in [-0.2, -0.15) is 0 Å². The van der Waals surface area contributed by atoms with Gasteiger partial charge in [0.2, 0.25) is 11.9 Å². The average Bonchev–Trinajstić information content (AvgIpc) is 2.84. The normalized spacial score (nSPS) is 10.8. The van der Waals surface area contributed by atoms with E-state index in [2.05, 4.69) is 25.3 Å². The molecule has 26 heavy (non-hydrogen) atoms. The second-order valence-corrected chi connectivity index (χ2v) is 5.98. The predicted molar refractivity (Wildman–Crippen MR) is 95.2 cm³/mol. The summed E-state index contributed by atoms with van der Waals surface area (Å²) in [5, 5.41) is 2.67. The quantitative estimate of drug-likeness (QED) is 0.752. The first-order valence-electron chi connectivity index (χ1n) is 8.03. The van der Waals surface area contributed by atoms with Crippen LogP contribution in [0.3, 0.4) is 0 Å². The van der Waals surface area contributed by atoms with Gasteiger partial charge in [-0.15, -0.1) is 0 Å². The van der Waals surface area contributed by atoms with Crippen molar-refractivity contribution in [1.82, 2.24) is 29.1 Å². The van der Waals surface area contributed by atoms with Gasteiger partial charge in [-0.05, 0) is 27.7 Å². The molecule has 1 N–H and O–H groups in total. The molecular weight excluding hydrogens is 334 g/mol. The van der Waals surface area contributed by atoms with Crippen molar-refractivity contribution in [3.05, 3.63) is 58.0 Å². The Morgan fingerprint density at radius 3 is 2.38 bits per heavy atom. The monoisotopic (exact) mass is 353 g/mol. The Balaban J connectivity index is 1.73. The summed E-state index contributed by atoms with van der Waals surface area (Å²) in [6, 6.07) is 1.38. The van der Waals surface area contributed by atoms with Gasteiger partial charge in [0, 0.05) is 17.5 Å². The summed E-state index contributed by atoms with van der Waals surface area (Å²) in [5.41, 5.74) is 2.65. The molecule has 0 saturated carbocycles. The topological polar surface area (TPSA) is 108 Å². The fraction of sp³-hybridized carbons (Fsp3) is 0.294. The number of aryl methyl sites for hydroxylation is 3. The summed E-state index contributed by atoms with van der Waals surface area (Å²) >= 11 is 0. The maximum Gasteiger partial charge on any atom is 0.253 e. The highest BCUT2D eigenvalue weighted by Crippen LogP contribution is 2.14. The molecule has 9 nitrogen and oxygen atoms in total. The summed E-state index contributed by atoms with van der Waals surface area (Å²) in [5.74, 6) is 0.917. The van der Waals surface area contributed by atoms with E-state index in [9.17, 15) is 9.59 Å². The Hall–Kier alpha value is -3.36. The van der Waals surface area contributed by atoms with Crippen LogP contribution in [0.4, 0.5) is 5.69 Å². The molecule has 3 aromatic rings. The lowest BCUT2D eigenvalue weighted by molar-refractivity contribution is -0.116. The Kier molecular flexibility index (Phi) is 4.61. The van der Waals surface area contributed by atoms with Gasteiger partial charge < -0.3 is 5.32 Å². The SMILES string of the molecule is Cc1cc(=O)n(CC(=O)Nc2cnc(-n3c(C)nc(C)c3C)nc2)cn1. The lowest BCUT2D eigenvalue weighted by Crippen LogP contribution is -2.27. The third-order valence-corrected chi connectivity index (χ3v) is 3.96. The molecule has 0 aliphatic rings. The van der Waals surface area contributed by atoms with Gasteiger partial charge in [0.05, 0.1) is 30.1 Å². The van der Waals surface area contributed by atoms with E-state index in [1.54, 1.807) is 6.92 Å². The summed E-state index contributed by atoms with van der Waals surface area (Å²) in [7, 11) is 0. The number of carbonyl (C=O) groups is 1. The number of carbonyl (C=O) groups excluding carboxylic acids is 1. The van der Waals surface area contributed by atoms with Crippen molar-refractivity contribution < 1.29 is 4.79 Å². The van der Waals surface area contributed by atoms with Crippen LogP contribution in [0.25, 0.3) is 5.95 Å². The Morgan fingerprint density at radius 1 is 1.12 bits per heavy atom. The first-order chi connectivity index (χ1) is 12.3. The number of nitrogens with zero attached hydrogens (tertiary/aromatic N) is 6. The first kappa shape index (κ1) is 17.5. The highest BCUT2D eigenvalue weighted by atomic mass is 16.2. The second kappa shape index (κ2) is 6.87. The minimum absolute atomic E-state index is 0.132. The number of nitrogens with one attached hydrogen (secondary N) is 1. The van der Waals surface area contributed by atoms with Crippen molar-refractivity contribution in [1.29, 1.82) is 0 Å². The van der Waals surface area contributed by atoms with Gasteiger partial charge in [0.25, 0.3) is 5.56 Å². The molecule has 0 saturated heterocycles. The highest BCUT2D eigenvalue weighted by Gasteiger charge is 2.12. The third kappa shape index (κ3) is 3.51. The van der Waals surface area contributed by atoms with E-state index in [-0.39, 0.29) is 18.0 Å². The molecule has 0 spiro atoms. The molecule has 3 heterocycles. The van der Waals surface area contributed by atoms with Crippen molar-refractivity contribution in [3.63, 3.8) is 0 Å². The summed E-state index contributed by atoms with van der Waals surface area (Å²) < 4.78 is 3.08. The molecule has 0 aromatic carbocycles. The number of anilines is 1. The van der Waals surface area contributed by atoms with E-state index in [0.29, 0.717) is 17.3 Å². The highest BCUT2D eigenvalue weighted by molar-refractivity contribution is 5.90. The summed E-state index contributed by atoms with van der Waals surface area (Å²) in [6.07, 6.45) is 4.39. The van der Waals surface area contributed by atoms with Crippen molar-refractivity contribution in [2.24, 2.45) is 0 Å². The van der Waals surface area contributed by atoms with Crippen LogP contribution in [0.5, 0.6) is 0 Å². The van der Waals surface area contributed by atoms with Crippen molar-refractivity contribution >= 4 is 11.6 Å². The van der Waals surface area contributed by atoms with Crippen LogP contribution in [0.1, 0.15) is 22.9 Å². The number of aromatic nitrogens is 6.